The molecule has 19 heavy (non-hydrogen) atoms. The Morgan fingerprint density at radius 3 is 3.00 bits per heavy atom. The first-order valence-corrected chi connectivity index (χ1v) is 6.74. The molecule has 6 nitrogen and oxygen atoms in total. The van der Waals surface area contributed by atoms with Crippen LogP contribution >= 0.6 is 11.8 Å². The number of hydrogen-bond acceptors (Lipinski definition) is 5. The fraction of sp³-hybridized carbons (Fsp3) is 0.167. The second-order valence-electron chi connectivity index (χ2n) is 3.97. The summed E-state index contributed by atoms with van der Waals surface area (Å²) in [5.41, 5.74) is 4.95. The Kier molecular flexibility index (Phi) is 3.28. The first-order valence-electron chi connectivity index (χ1n) is 5.75. The molecule has 3 rings (SSSR count). The van der Waals surface area contributed by atoms with Crippen molar-refractivity contribution in [3.05, 3.63) is 42.4 Å². The molecule has 0 aliphatic carbocycles. The first kappa shape index (κ1) is 11.9. The molecule has 0 atom stereocenters. The Morgan fingerprint density at radius 2 is 2.37 bits per heavy atom. The summed E-state index contributed by atoms with van der Waals surface area (Å²) >= 11 is 1.60. The van der Waals surface area contributed by atoms with E-state index in [0.29, 0.717) is 5.82 Å². The van der Waals surface area contributed by atoms with Crippen LogP contribution in [0.2, 0.25) is 0 Å². The highest BCUT2D eigenvalue weighted by Crippen LogP contribution is 2.16. The quantitative estimate of drug-likeness (QED) is 0.900. The van der Waals surface area contributed by atoms with Gasteiger partial charge in [-0.15, -0.1) is 0 Å². The topological polar surface area (TPSA) is 67.5 Å². The van der Waals surface area contributed by atoms with Gasteiger partial charge in [0.1, 0.15) is 0 Å². The monoisotopic (exact) mass is 272 g/mol. The predicted molar refractivity (Wildman–Crippen MR) is 76.7 cm³/mol. The fourth-order valence-corrected chi connectivity index (χ4v) is 2.39. The minimum Gasteiger partial charge on any atom is -0.275 e. The lowest BCUT2D eigenvalue weighted by Crippen LogP contribution is -2.25. The maximum absolute atomic E-state index is 4.38. The van der Waals surface area contributed by atoms with E-state index in [1.165, 1.54) is 0 Å². The Labute approximate surface area is 114 Å². The number of nitrogens with zero attached hydrogens (tertiary/aromatic N) is 5. The van der Waals surface area contributed by atoms with Gasteiger partial charge in [0.2, 0.25) is 0 Å². The number of thioether (sulfide) groups is 1. The molecule has 0 radical (unpaired) electrons. The lowest BCUT2D eigenvalue weighted by atomic mass is 10.2. The van der Waals surface area contributed by atoms with Crippen molar-refractivity contribution in [3.63, 3.8) is 0 Å². The second-order valence-corrected chi connectivity index (χ2v) is 4.93. The second kappa shape index (κ2) is 5.23. The van der Waals surface area contributed by atoms with Gasteiger partial charge in [0.05, 0.1) is 11.9 Å². The predicted octanol–water partition coefficient (Wildman–Crippen LogP) is 1.54. The van der Waals surface area contributed by atoms with Crippen molar-refractivity contribution in [3.8, 4) is 0 Å². The van der Waals surface area contributed by atoms with Crippen LogP contribution < -0.4 is 5.43 Å². The Balaban J connectivity index is 1.75. The summed E-state index contributed by atoms with van der Waals surface area (Å²) in [4.78, 5) is 8.53. The summed E-state index contributed by atoms with van der Waals surface area (Å²) in [7, 11) is 1.89. The zero-order valence-electron chi connectivity index (χ0n) is 10.3. The molecule has 2 aromatic rings. The van der Waals surface area contributed by atoms with Crippen LogP contribution in [0.4, 0.5) is 5.82 Å². The number of aryl methyl sites for hydroxylation is 1. The number of hydrogen-bond donors (Lipinski definition) is 1. The molecule has 1 aliphatic rings. The van der Waals surface area contributed by atoms with Gasteiger partial charge in [-0.25, -0.2) is 9.98 Å². The third-order valence-corrected chi connectivity index (χ3v) is 3.41. The Hall–Kier alpha value is -2.15. The van der Waals surface area contributed by atoms with Crippen molar-refractivity contribution in [2.45, 2.75) is 0 Å². The van der Waals surface area contributed by atoms with E-state index in [2.05, 4.69) is 25.6 Å². The van der Waals surface area contributed by atoms with Gasteiger partial charge in [0.25, 0.3) is 0 Å². The van der Waals surface area contributed by atoms with Gasteiger partial charge < -0.3 is 0 Å². The van der Waals surface area contributed by atoms with Gasteiger partial charge in [-0.2, -0.15) is 10.2 Å². The molecule has 0 aromatic carbocycles. The van der Waals surface area contributed by atoms with Gasteiger partial charge in [-0.1, -0.05) is 17.8 Å². The van der Waals surface area contributed by atoms with E-state index in [9.17, 15) is 0 Å². The summed E-state index contributed by atoms with van der Waals surface area (Å²) in [6, 6.07) is 5.63. The van der Waals surface area contributed by atoms with E-state index in [4.69, 9.17) is 0 Å². The van der Waals surface area contributed by atoms with Crippen LogP contribution in [-0.2, 0) is 7.05 Å². The number of aromatic nitrogens is 3. The molecule has 1 aliphatic heterocycles. The summed E-state index contributed by atoms with van der Waals surface area (Å²) in [5, 5.41) is 9.22. The van der Waals surface area contributed by atoms with Crippen LogP contribution in [0.25, 0.3) is 0 Å². The molecule has 0 amide bonds. The normalized spacial score (nSPS) is 17.1. The number of amidine groups is 1. The van der Waals surface area contributed by atoms with Crippen LogP contribution in [0.1, 0.15) is 5.56 Å². The molecular weight excluding hydrogens is 260 g/mol. The van der Waals surface area contributed by atoms with Crippen molar-refractivity contribution in [1.82, 2.24) is 20.2 Å². The summed E-state index contributed by atoms with van der Waals surface area (Å²) in [6.45, 7) is 0. The highest BCUT2D eigenvalue weighted by molar-refractivity contribution is 8.14. The average Bonchev–Trinajstić information content (AvgIpc) is 2.87. The lowest BCUT2D eigenvalue weighted by Gasteiger charge is -2.13. The third-order valence-electron chi connectivity index (χ3n) is 2.54. The van der Waals surface area contributed by atoms with Crippen molar-refractivity contribution >= 4 is 28.5 Å². The number of nitrogens with one attached hydrogen (secondary N) is 1. The standard InChI is InChI=1S/C12H12N6S/c1-18-7-9(6-14-18)10-8-19-12(17-16-10)15-11-4-2-3-5-13-11/h2-7H,8H2,1H3,(H,13,15,17). The van der Waals surface area contributed by atoms with Crippen LogP contribution in [0.5, 0.6) is 0 Å². The maximum Gasteiger partial charge on any atom is 0.184 e. The first-order chi connectivity index (χ1) is 9.31. The van der Waals surface area contributed by atoms with E-state index in [0.717, 1.165) is 22.2 Å². The van der Waals surface area contributed by atoms with Crippen molar-refractivity contribution in [2.75, 3.05) is 5.75 Å². The zero-order chi connectivity index (χ0) is 13.1. The largest absolute Gasteiger partial charge is 0.275 e. The van der Waals surface area contributed by atoms with Crippen LogP contribution in [-0.4, -0.2) is 31.4 Å². The Bertz CT molecular complexity index is 631. The molecular formula is C12H12N6S. The summed E-state index contributed by atoms with van der Waals surface area (Å²) < 4.78 is 1.76. The molecule has 2 aromatic heterocycles. The van der Waals surface area contributed by atoms with E-state index in [1.807, 2.05) is 37.6 Å². The highest BCUT2D eigenvalue weighted by atomic mass is 32.2. The van der Waals surface area contributed by atoms with Gasteiger partial charge >= 0.3 is 0 Å². The van der Waals surface area contributed by atoms with Gasteiger partial charge in [-0.3, -0.25) is 10.1 Å². The van der Waals surface area contributed by atoms with E-state index in [-0.39, 0.29) is 0 Å². The van der Waals surface area contributed by atoms with Gasteiger partial charge in [0, 0.05) is 30.8 Å². The molecule has 0 unspecified atom stereocenters. The van der Waals surface area contributed by atoms with Crippen molar-refractivity contribution < 1.29 is 0 Å². The van der Waals surface area contributed by atoms with Crippen LogP contribution in [0.3, 0.4) is 0 Å². The molecule has 0 saturated heterocycles. The van der Waals surface area contributed by atoms with Crippen molar-refractivity contribution in [2.24, 2.45) is 17.1 Å². The minimum atomic E-state index is 0.678. The Morgan fingerprint density at radius 1 is 1.42 bits per heavy atom. The fourth-order valence-electron chi connectivity index (χ4n) is 1.62. The number of hydrazone groups is 1. The number of rotatable bonds is 2. The third kappa shape index (κ3) is 2.82. The van der Waals surface area contributed by atoms with Gasteiger partial charge in [-0.05, 0) is 12.1 Å². The smallest absolute Gasteiger partial charge is 0.184 e. The molecule has 1 N–H and O–H groups in total. The molecule has 0 saturated carbocycles. The number of pyridine rings is 1. The van der Waals surface area contributed by atoms with Gasteiger partial charge in [0.15, 0.2) is 11.0 Å². The van der Waals surface area contributed by atoms with Crippen LogP contribution in [0.15, 0.2) is 46.9 Å². The van der Waals surface area contributed by atoms with Crippen molar-refractivity contribution in [1.29, 1.82) is 0 Å². The molecule has 0 bridgehead atoms. The van der Waals surface area contributed by atoms with E-state index < -0.39 is 0 Å². The summed E-state index contributed by atoms with van der Waals surface area (Å²) in [5.74, 6) is 1.45. The average molecular weight is 272 g/mol. The SMILES string of the molecule is Cn1cc(C2=NNC(=Nc3ccccn3)SC2)cn1. The molecule has 7 heteroatoms. The lowest BCUT2D eigenvalue weighted by molar-refractivity contribution is 0.767. The van der Waals surface area contributed by atoms with E-state index >= 15 is 0 Å². The minimum absolute atomic E-state index is 0.678. The number of aliphatic imine (C=N–C) groups is 1. The molecule has 0 spiro atoms. The van der Waals surface area contributed by atoms with Crippen LogP contribution in [0, 0.1) is 0 Å². The molecule has 3 heterocycles. The molecule has 0 fully saturated rings. The zero-order valence-corrected chi connectivity index (χ0v) is 11.1. The molecule has 96 valence electrons. The maximum atomic E-state index is 4.38. The van der Waals surface area contributed by atoms with E-state index in [1.54, 1.807) is 22.6 Å². The highest BCUT2D eigenvalue weighted by Gasteiger charge is 2.14. The summed E-state index contributed by atoms with van der Waals surface area (Å²) in [6.07, 6.45) is 5.47.